The number of carbonyl (C=O) groups excluding carboxylic acids is 2. The molecule has 176 valence electrons. The summed E-state index contributed by atoms with van der Waals surface area (Å²) in [6.45, 7) is 3.95. The topological polar surface area (TPSA) is 74.7 Å². The minimum absolute atomic E-state index is 0.0132. The van der Waals surface area contributed by atoms with Crippen LogP contribution in [0.2, 0.25) is 0 Å². The zero-order chi connectivity index (χ0) is 23.8. The van der Waals surface area contributed by atoms with Gasteiger partial charge in [0.05, 0.1) is 11.2 Å². The molecule has 2 aromatic carbocycles. The van der Waals surface area contributed by atoms with Crippen molar-refractivity contribution in [2.45, 2.75) is 32.4 Å². The molecule has 3 aromatic rings. The monoisotopic (exact) mass is 462 g/mol. The molecule has 0 unspecified atom stereocenters. The van der Waals surface area contributed by atoms with Crippen molar-refractivity contribution in [3.8, 4) is 0 Å². The third-order valence-electron chi connectivity index (χ3n) is 6.65. The van der Waals surface area contributed by atoms with Crippen molar-refractivity contribution in [2.24, 2.45) is 0 Å². The summed E-state index contributed by atoms with van der Waals surface area (Å²) in [5.74, 6) is -0.945. The highest BCUT2D eigenvalue weighted by atomic mass is 19.1. The second-order valence-electron chi connectivity index (χ2n) is 8.99. The van der Waals surface area contributed by atoms with E-state index in [1.807, 2.05) is 39.8 Å². The number of nitrogens with one attached hydrogen (secondary N) is 1. The summed E-state index contributed by atoms with van der Waals surface area (Å²) >= 11 is 0. The third kappa shape index (κ3) is 4.27. The van der Waals surface area contributed by atoms with Crippen molar-refractivity contribution in [2.75, 3.05) is 31.1 Å². The Labute approximate surface area is 196 Å². The van der Waals surface area contributed by atoms with Crippen molar-refractivity contribution < 1.29 is 14.0 Å². The summed E-state index contributed by atoms with van der Waals surface area (Å²) < 4.78 is 17.2. The van der Waals surface area contributed by atoms with Gasteiger partial charge in [-0.25, -0.2) is 4.39 Å². The minimum atomic E-state index is -0.495. The van der Waals surface area contributed by atoms with Crippen molar-refractivity contribution in [3.63, 3.8) is 0 Å². The SMILES string of the molecule is CC(=O)N1CCN(c2cc3c(cc2F)c(=O)c(C(=O)NCc2ccccc2)cn3C2CC2)CC1. The van der Waals surface area contributed by atoms with Crippen LogP contribution in [-0.2, 0) is 11.3 Å². The molecule has 1 aliphatic carbocycles. The molecule has 0 spiro atoms. The molecule has 0 bridgehead atoms. The molecule has 2 amide bonds. The first kappa shape index (κ1) is 22.1. The molecule has 1 saturated heterocycles. The number of piperazine rings is 1. The second kappa shape index (κ2) is 8.93. The number of carbonyl (C=O) groups is 2. The van der Waals surface area contributed by atoms with E-state index in [1.165, 1.54) is 13.0 Å². The minimum Gasteiger partial charge on any atom is -0.366 e. The Balaban J connectivity index is 1.48. The molecule has 0 radical (unpaired) electrons. The van der Waals surface area contributed by atoms with E-state index < -0.39 is 17.2 Å². The van der Waals surface area contributed by atoms with Crippen LogP contribution in [0.1, 0.15) is 41.7 Å². The molecule has 0 atom stereocenters. The molecular formula is C26H27FN4O3. The Hall–Kier alpha value is -3.68. The number of hydrogen-bond donors (Lipinski definition) is 1. The van der Waals surface area contributed by atoms with Gasteiger partial charge < -0.3 is 19.7 Å². The van der Waals surface area contributed by atoms with E-state index in [4.69, 9.17) is 0 Å². The summed E-state index contributed by atoms with van der Waals surface area (Å²) in [5, 5.41) is 3.02. The molecule has 1 N–H and O–H groups in total. The average Bonchev–Trinajstić information content (AvgIpc) is 3.69. The summed E-state index contributed by atoms with van der Waals surface area (Å²) in [6, 6.07) is 12.6. The lowest BCUT2D eigenvalue weighted by atomic mass is 10.1. The van der Waals surface area contributed by atoms with Crippen LogP contribution in [0.25, 0.3) is 10.9 Å². The van der Waals surface area contributed by atoms with Gasteiger partial charge in [0.2, 0.25) is 11.3 Å². The standard InChI is InChI=1S/C26H27FN4O3/c1-17(32)29-9-11-30(12-10-29)24-14-23-20(13-22(24)27)25(33)21(16-31(23)19-7-8-19)26(34)28-15-18-5-3-2-4-6-18/h2-6,13-14,16,19H,7-12,15H2,1H3,(H,28,34). The van der Waals surface area contributed by atoms with Gasteiger partial charge in [-0.3, -0.25) is 14.4 Å². The van der Waals surface area contributed by atoms with Gasteiger partial charge in [-0.1, -0.05) is 30.3 Å². The van der Waals surface area contributed by atoms with Crippen LogP contribution >= 0.6 is 0 Å². The van der Waals surface area contributed by atoms with E-state index in [2.05, 4.69) is 5.32 Å². The van der Waals surface area contributed by atoms with E-state index >= 15 is 4.39 Å². The Kier molecular flexibility index (Phi) is 5.81. The van der Waals surface area contributed by atoms with Crippen LogP contribution in [0, 0.1) is 5.82 Å². The van der Waals surface area contributed by atoms with E-state index in [9.17, 15) is 14.4 Å². The molecule has 34 heavy (non-hydrogen) atoms. The van der Waals surface area contributed by atoms with Crippen molar-refractivity contribution in [1.82, 2.24) is 14.8 Å². The highest BCUT2D eigenvalue weighted by molar-refractivity contribution is 5.98. The maximum atomic E-state index is 15.2. The quantitative estimate of drug-likeness (QED) is 0.633. The number of halogens is 1. The molecule has 2 aliphatic rings. The van der Waals surface area contributed by atoms with Crippen molar-refractivity contribution in [1.29, 1.82) is 0 Å². The zero-order valence-corrected chi connectivity index (χ0v) is 19.1. The number of hydrogen-bond acceptors (Lipinski definition) is 4. The summed E-state index contributed by atoms with van der Waals surface area (Å²) in [4.78, 5) is 41.4. The van der Waals surface area contributed by atoms with Gasteiger partial charge in [-0.2, -0.15) is 0 Å². The Morgan fingerprint density at radius 2 is 1.76 bits per heavy atom. The van der Waals surface area contributed by atoms with Gasteiger partial charge in [0.25, 0.3) is 5.91 Å². The number of nitrogens with zero attached hydrogens (tertiary/aromatic N) is 3. The van der Waals surface area contributed by atoms with E-state index in [1.54, 1.807) is 17.2 Å². The summed E-state index contributed by atoms with van der Waals surface area (Å²) in [6.07, 6.45) is 3.53. The fourth-order valence-corrected chi connectivity index (χ4v) is 4.55. The van der Waals surface area contributed by atoms with Crippen molar-refractivity contribution >= 4 is 28.4 Å². The number of amides is 2. The summed E-state index contributed by atoms with van der Waals surface area (Å²) in [7, 11) is 0. The highest BCUT2D eigenvalue weighted by Crippen LogP contribution is 2.38. The highest BCUT2D eigenvalue weighted by Gasteiger charge is 2.28. The lowest BCUT2D eigenvalue weighted by molar-refractivity contribution is -0.129. The Morgan fingerprint density at radius 1 is 1.06 bits per heavy atom. The van der Waals surface area contributed by atoms with E-state index in [0.29, 0.717) is 43.9 Å². The predicted octanol–water partition coefficient (Wildman–Crippen LogP) is 3.07. The lowest BCUT2D eigenvalue weighted by Crippen LogP contribution is -2.48. The first-order valence-electron chi connectivity index (χ1n) is 11.6. The Bertz CT molecular complexity index is 1310. The van der Waals surface area contributed by atoms with Crippen LogP contribution in [-0.4, -0.2) is 47.5 Å². The van der Waals surface area contributed by atoms with Gasteiger partial charge in [0, 0.05) is 57.3 Å². The predicted molar refractivity (Wildman–Crippen MR) is 129 cm³/mol. The molecule has 1 saturated carbocycles. The van der Waals surface area contributed by atoms with Crippen LogP contribution in [0.15, 0.2) is 53.5 Å². The lowest BCUT2D eigenvalue weighted by Gasteiger charge is -2.36. The number of fused-ring (bicyclic) bond motifs is 1. The van der Waals surface area contributed by atoms with E-state index in [-0.39, 0.29) is 22.9 Å². The van der Waals surface area contributed by atoms with Crippen LogP contribution < -0.4 is 15.6 Å². The molecule has 1 aromatic heterocycles. The van der Waals surface area contributed by atoms with Gasteiger partial charge in [-0.05, 0) is 30.5 Å². The molecule has 5 rings (SSSR count). The molecule has 1 aliphatic heterocycles. The average molecular weight is 463 g/mol. The number of benzene rings is 2. The molecule has 2 fully saturated rings. The maximum Gasteiger partial charge on any atom is 0.257 e. The fourth-order valence-electron chi connectivity index (χ4n) is 4.55. The Morgan fingerprint density at radius 3 is 2.41 bits per heavy atom. The van der Waals surface area contributed by atoms with Crippen LogP contribution in [0.3, 0.4) is 0 Å². The number of anilines is 1. The number of rotatable bonds is 5. The zero-order valence-electron chi connectivity index (χ0n) is 19.1. The molecule has 2 heterocycles. The van der Waals surface area contributed by atoms with E-state index in [0.717, 1.165) is 18.4 Å². The molecular weight excluding hydrogens is 435 g/mol. The normalized spacial score (nSPS) is 16.1. The maximum absolute atomic E-state index is 15.2. The number of pyridine rings is 1. The van der Waals surface area contributed by atoms with Gasteiger partial charge in [-0.15, -0.1) is 0 Å². The van der Waals surface area contributed by atoms with Gasteiger partial charge >= 0.3 is 0 Å². The molecule has 8 heteroatoms. The van der Waals surface area contributed by atoms with Gasteiger partial charge in [0.15, 0.2) is 0 Å². The van der Waals surface area contributed by atoms with Crippen LogP contribution in [0.5, 0.6) is 0 Å². The fraction of sp³-hybridized carbons (Fsp3) is 0.346. The summed E-state index contributed by atoms with van der Waals surface area (Å²) in [5.41, 5.74) is 1.55. The first-order valence-corrected chi connectivity index (χ1v) is 11.6. The van der Waals surface area contributed by atoms with Crippen molar-refractivity contribution in [3.05, 3.63) is 75.8 Å². The largest absolute Gasteiger partial charge is 0.366 e. The first-order chi connectivity index (χ1) is 16.4. The second-order valence-corrected chi connectivity index (χ2v) is 8.99. The smallest absolute Gasteiger partial charge is 0.257 e. The third-order valence-corrected chi connectivity index (χ3v) is 6.65. The van der Waals surface area contributed by atoms with Gasteiger partial charge in [0.1, 0.15) is 11.4 Å². The molecule has 7 nitrogen and oxygen atoms in total. The van der Waals surface area contributed by atoms with Crippen LogP contribution in [0.4, 0.5) is 10.1 Å². The number of aromatic nitrogens is 1.